The van der Waals surface area contributed by atoms with Crippen LogP contribution in [0.25, 0.3) is 0 Å². The third-order valence-corrected chi connectivity index (χ3v) is 5.82. The lowest BCUT2D eigenvalue weighted by atomic mass is 10.1. The molecule has 3 aromatic carbocycles. The number of benzene rings is 3. The molecule has 1 aliphatic rings. The van der Waals surface area contributed by atoms with Crippen LogP contribution in [0.1, 0.15) is 49.5 Å². The zero-order valence-electron chi connectivity index (χ0n) is 18.8. The first-order chi connectivity index (χ1) is 16.0. The number of amides is 3. The summed E-state index contributed by atoms with van der Waals surface area (Å²) >= 11 is 0. The quantitative estimate of drug-likeness (QED) is 0.374. The van der Waals surface area contributed by atoms with E-state index in [-0.39, 0.29) is 17.7 Å². The molecule has 0 spiro atoms. The van der Waals surface area contributed by atoms with E-state index in [9.17, 15) is 14.4 Å². The van der Waals surface area contributed by atoms with Gasteiger partial charge in [0.15, 0.2) is 0 Å². The van der Waals surface area contributed by atoms with Crippen molar-refractivity contribution in [2.24, 2.45) is 0 Å². The van der Waals surface area contributed by atoms with Crippen LogP contribution >= 0.6 is 0 Å². The summed E-state index contributed by atoms with van der Waals surface area (Å²) in [5, 5.41) is 0. The van der Waals surface area contributed by atoms with Gasteiger partial charge in [0.25, 0.3) is 17.7 Å². The van der Waals surface area contributed by atoms with Crippen molar-refractivity contribution < 1.29 is 19.1 Å². The summed E-state index contributed by atoms with van der Waals surface area (Å²) in [4.78, 5) is 41.5. The second-order valence-electron chi connectivity index (χ2n) is 8.04. The number of unbranched alkanes of at least 4 members (excludes halogenated alkanes) is 1. The molecule has 0 aliphatic carbocycles. The van der Waals surface area contributed by atoms with Crippen molar-refractivity contribution >= 4 is 23.4 Å². The molecule has 1 aliphatic heterocycles. The van der Waals surface area contributed by atoms with Crippen molar-refractivity contribution in [1.29, 1.82) is 0 Å². The van der Waals surface area contributed by atoms with Crippen LogP contribution in [0.15, 0.2) is 72.8 Å². The monoisotopic (exact) mass is 442 g/mol. The molecule has 33 heavy (non-hydrogen) atoms. The molecule has 0 bridgehead atoms. The number of anilines is 1. The highest BCUT2D eigenvalue weighted by Gasteiger charge is 2.34. The van der Waals surface area contributed by atoms with Crippen molar-refractivity contribution in [3.05, 3.63) is 95.1 Å². The molecule has 0 saturated carbocycles. The lowest BCUT2D eigenvalue weighted by Crippen LogP contribution is -2.34. The number of hydrogen-bond donors (Lipinski definition) is 0. The fourth-order valence-electron chi connectivity index (χ4n) is 3.94. The van der Waals surface area contributed by atoms with Gasteiger partial charge >= 0.3 is 0 Å². The van der Waals surface area contributed by atoms with Crippen LogP contribution in [0, 0.1) is 6.92 Å². The van der Waals surface area contributed by atoms with Crippen molar-refractivity contribution in [1.82, 2.24) is 4.90 Å². The number of imide groups is 1. The first-order valence-electron chi connectivity index (χ1n) is 11.0. The number of ether oxygens (including phenoxy) is 1. The fourth-order valence-corrected chi connectivity index (χ4v) is 3.94. The van der Waals surface area contributed by atoms with Crippen LogP contribution in [0.3, 0.4) is 0 Å². The van der Waals surface area contributed by atoms with Crippen molar-refractivity contribution in [3.63, 3.8) is 0 Å². The van der Waals surface area contributed by atoms with Gasteiger partial charge in [0, 0.05) is 24.3 Å². The second-order valence-corrected chi connectivity index (χ2v) is 8.04. The lowest BCUT2D eigenvalue weighted by Gasteiger charge is -2.24. The smallest absolute Gasteiger partial charge is 0.261 e. The Bertz CT molecular complexity index is 1130. The molecular weight excluding hydrogens is 416 g/mol. The molecule has 3 aromatic rings. The number of rotatable bonds is 8. The molecule has 0 saturated heterocycles. The number of aryl methyl sites for hydroxylation is 1. The lowest BCUT2D eigenvalue weighted by molar-refractivity contribution is 0.0651. The predicted molar refractivity (Wildman–Crippen MR) is 127 cm³/mol. The Balaban J connectivity index is 1.43. The van der Waals surface area contributed by atoms with E-state index in [0.717, 1.165) is 11.3 Å². The Morgan fingerprint density at radius 3 is 2.03 bits per heavy atom. The summed E-state index contributed by atoms with van der Waals surface area (Å²) in [5.74, 6) is 0.0808. The molecule has 4 rings (SSSR count). The Hall–Kier alpha value is -3.93. The SMILES string of the molecule is COc1ccc(C(=O)N(CCCCN2C(=O)c3ccccc3C2=O)c2ccc(C)cc2)cc1. The van der Waals surface area contributed by atoms with Gasteiger partial charge in [0.1, 0.15) is 5.75 Å². The van der Waals surface area contributed by atoms with Gasteiger partial charge in [0.2, 0.25) is 0 Å². The van der Waals surface area contributed by atoms with Gasteiger partial charge in [0.05, 0.1) is 18.2 Å². The van der Waals surface area contributed by atoms with Gasteiger partial charge < -0.3 is 9.64 Å². The van der Waals surface area contributed by atoms with E-state index in [1.807, 2.05) is 31.2 Å². The Morgan fingerprint density at radius 1 is 0.848 bits per heavy atom. The largest absolute Gasteiger partial charge is 0.497 e. The minimum atomic E-state index is -0.250. The zero-order chi connectivity index (χ0) is 23.4. The molecule has 0 N–H and O–H groups in total. The van der Waals surface area contributed by atoms with Crippen LogP contribution in [0.4, 0.5) is 5.69 Å². The molecule has 168 valence electrons. The predicted octanol–water partition coefficient (Wildman–Crippen LogP) is 4.73. The maximum Gasteiger partial charge on any atom is 0.261 e. The van der Waals surface area contributed by atoms with Crippen LogP contribution in [-0.2, 0) is 0 Å². The van der Waals surface area contributed by atoms with Crippen LogP contribution in [0.5, 0.6) is 5.75 Å². The van der Waals surface area contributed by atoms with Gasteiger partial charge in [-0.25, -0.2) is 0 Å². The van der Waals surface area contributed by atoms with E-state index in [4.69, 9.17) is 4.74 Å². The minimum absolute atomic E-state index is 0.109. The van der Waals surface area contributed by atoms with E-state index in [0.29, 0.717) is 48.4 Å². The molecule has 0 fully saturated rings. The third-order valence-electron chi connectivity index (χ3n) is 5.82. The second kappa shape index (κ2) is 9.69. The number of nitrogens with zero attached hydrogens (tertiary/aromatic N) is 2. The minimum Gasteiger partial charge on any atom is -0.497 e. The summed E-state index contributed by atoms with van der Waals surface area (Å²) in [7, 11) is 1.59. The standard InChI is InChI=1S/C27H26N2O4/c1-19-9-13-21(14-10-19)28(25(30)20-11-15-22(33-2)16-12-20)17-5-6-18-29-26(31)23-7-3-4-8-24(23)27(29)32/h3-4,7-16H,5-6,17-18H2,1-2H3. The summed E-state index contributed by atoms with van der Waals surface area (Å²) in [6, 6.07) is 21.7. The highest BCUT2D eigenvalue weighted by molar-refractivity contribution is 6.21. The molecule has 6 heteroatoms. The molecule has 0 atom stereocenters. The normalized spacial score (nSPS) is 12.6. The van der Waals surface area contributed by atoms with Crippen molar-refractivity contribution in [2.45, 2.75) is 19.8 Å². The van der Waals surface area contributed by atoms with Gasteiger partial charge in [-0.2, -0.15) is 0 Å². The maximum absolute atomic E-state index is 13.3. The van der Waals surface area contributed by atoms with E-state index in [1.165, 1.54) is 4.90 Å². The summed E-state index contributed by atoms with van der Waals surface area (Å²) < 4.78 is 5.19. The number of carbonyl (C=O) groups is 3. The highest BCUT2D eigenvalue weighted by atomic mass is 16.5. The van der Waals surface area contributed by atoms with E-state index >= 15 is 0 Å². The van der Waals surface area contributed by atoms with E-state index < -0.39 is 0 Å². The first-order valence-corrected chi connectivity index (χ1v) is 11.0. The van der Waals surface area contributed by atoms with Crippen LogP contribution in [0.2, 0.25) is 0 Å². The fraction of sp³-hybridized carbons (Fsp3) is 0.222. The molecular formula is C27H26N2O4. The third kappa shape index (κ3) is 4.65. The zero-order valence-corrected chi connectivity index (χ0v) is 18.8. The molecule has 3 amide bonds. The van der Waals surface area contributed by atoms with Crippen molar-refractivity contribution in [3.8, 4) is 5.75 Å². The average Bonchev–Trinajstić information content (AvgIpc) is 3.09. The molecule has 6 nitrogen and oxygen atoms in total. The molecule has 1 heterocycles. The Kier molecular flexibility index (Phi) is 6.54. The van der Waals surface area contributed by atoms with Crippen molar-refractivity contribution in [2.75, 3.05) is 25.1 Å². The molecule has 0 radical (unpaired) electrons. The Morgan fingerprint density at radius 2 is 1.45 bits per heavy atom. The molecule has 0 aromatic heterocycles. The first kappa shape index (κ1) is 22.3. The van der Waals surface area contributed by atoms with E-state index in [1.54, 1.807) is 60.5 Å². The van der Waals surface area contributed by atoms with Gasteiger partial charge in [-0.1, -0.05) is 29.8 Å². The Labute approximate surface area is 193 Å². The van der Waals surface area contributed by atoms with E-state index in [2.05, 4.69) is 0 Å². The van der Waals surface area contributed by atoms with Gasteiger partial charge in [-0.15, -0.1) is 0 Å². The highest BCUT2D eigenvalue weighted by Crippen LogP contribution is 2.24. The topological polar surface area (TPSA) is 66.9 Å². The maximum atomic E-state index is 13.3. The van der Waals surface area contributed by atoms with Gasteiger partial charge in [-0.3, -0.25) is 19.3 Å². The number of methoxy groups -OCH3 is 1. The molecule has 0 unspecified atom stereocenters. The van der Waals surface area contributed by atoms with Crippen LogP contribution in [-0.4, -0.2) is 42.8 Å². The number of fused-ring (bicyclic) bond motifs is 1. The summed E-state index contributed by atoms with van der Waals surface area (Å²) in [6.45, 7) is 2.80. The number of carbonyl (C=O) groups excluding carboxylic acids is 3. The van der Waals surface area contributed by atoms with Crippen LogP contribution < -0.4 is 9.64 Å². The number of hydrogen-bond acceptors (Lipinski definition) is 4. The summed E-state index contributed by atoms with van der Waals surface area (Å²) in [6.07, 6.45) is 1.24. The summed E-state index contributed by atoms with van der Waals surface area (Å²) in [5.41, 5.74) is 3.40. The van der Waals surface area contributed by atoms with Gasteiger partial charge in [-0.05, 0) is 68.3 Å². The average molecular weight is 443 g/mol.